The molecule has 0 radical (unpaired) electrons. The topological polar surface area (TPSA) is 67.4 Å². The summed E-state index contributed by atoms with van der Waals surface area (Å²) in [5.41, 5.74) is -0.605. The third-order valence-electron chi connectivity index (χ3n) is 2.66. The highest BCUT2D eigenvalue weighted by atomic mass is 19.4. The van der Waals surface area contributed by atoms with Crippen molar-refractivity contribution in [3.63, 3.8) is 0 Å². The number of hydrogen-bond donors (Lipinski definition) is 2. The molecular formula is C14H17F3N2O3. The van der Waals surface area contributed by atoms with E-state index in [0.717, 1.165) is 24.3 Å². The Balaban J connectivity index is 2.40. The number of ether oxygens (including phenoxy) is 1. The van der Waals surface area contributed by atoms with Crippen LogP contribution < -0.4 is 10.6 Å². The molecule has 1 aromatic rings. The quantitative estimate of drug-likeness (QED) is 0.598. The zero-order chi connectivity index (χ0) is 16.6. The van der Waals surface area contributed by atoms with Crippen LogP contribution in [0.4, 0.5) is 18.9 Å². The van der Waals surface area contributed by atoms with Gasteiger partial charge in [0, 0.05) is 25.9 Å². The first-order valence-corrected chi connectivity index (χ1v) is 6.55. The molecule has 8 heteroatoms. The maximum atomic E-state index is 12.4. The second-order valence-corrected chi connectivity index (χ2v) is 4.50. The molecule has 0 heterocycles. The molecule has 2 amide bonds. The largest absolute Gasteiger partial charge is 0.416 e. The van der Waals surface area contributed by atoms with Gasteiger partial charge in [-0.3, -0.25) is 9.59 Å². The van der Waals surface area contributed by atoms with Crippen LogP contribution in [0.5, 0.6) is 0 Å². The van der Waals surface area contributed by atoms with Crippen molar-refractivity contribution in [2.24, 2.45) is 0 Å². The number of carbonyl (C=O) groups excluding carboxylic acids is 2. The fourth-order valence-electron chi connectivity index (χ4n) is 1.60. The predicted octanol–water partition coefficient (Wildman–Crippen LogP) is 2.19. The van der Waals surface area contributed by atoms with Gasteiger partial charge in [0.05, 0.1) is 5.56 Å². The van der Waals surface area contributed by atoms with Crippen LogP contribution in [0.15, 0.2) is 24.3 Å². The van der Waals surface area contributed by atoms with Gasteiger partial charge in [-0.25, -0.2) is 0 Å². The van der Waals surface area contributed by atoms with Gasteiger partial charge in [-0.2, -0.15) is 13.2 Å². The Bertz CT molecular complexity index is 501. The lowest BCUT2D eigenvalue weighted by Crippen LogP contribution is -2.29. The summed E-state index contributed by atoms with van der Waals surface area (Å²) >= 11 is 0. The molecule has 0 saturated carbocycles. The van der Waals surface area contributed by atoms with Crippen LogP contribution in [0.25, 0.3) is 0 Å². The number of rotatable bonds is 7. The normalized spacial score (nSPS) is 11.1. The van der Waals surface area contributed by atoms with E-state index in [1.54, 1.807) is 7.11 Å². The Hall–Kier alpha value is -2.09. The fraction of sp³-hybridized carbons (Fsp3) is 0.429. The number of amides is 2. The number of nitrogens with one attached hydrogen (secondary N) is 2. The van der Waals surface area contributed by atoms with Gasteiger partial charge < -0.3 is 15.4 Å². The molecule has 122 valence electrons. The first-order chi connectivity index (χ1) is 10.3. The molecule has 0 aliphatic carbocycles. The molecular weight excluding hydrogens is 301 g/mol. The summed E-state index contributed by atoms with van der Waals surface area (Å²) in [6.45, 7) is 0.887. The Morgan fingerprint density at radius 1 is 1.14 bits per heavy atom. The standard InChI is InChI=1S/C14H17F3N2O3/c1-22-8-2-7-18-12(20)9-13(21)19-11-5-3-10(4-6-11)14(15,16)17/h3-6H,2,7-9H2,1H3,(H,18,20)(H,19,21). The Morgan fingerprint density at radius 3 is 2.32 bits per heavy atom. The minimum atomic E-state index is -4.43. The van der Waals surface area contributed by atoms with Crippen LogP contribution in [-0.4, -0.2) is 32.1 Å². The summed E-state index contributed by atoms with van der Waals surface area (Å²) in [6, 6.07) is 4.00. The van der Waals surface area contributed by atoms with E-state index in [-0.39, 0.29) is 5.69 Å². The van der Waals surface area contributed by atoms with Crippen molar-refractivity contribution in [2.45, 2.75) is 19.0 Å². The lowest BCUT2D eigenvalue weighted by Gasteiger charge is -2.09. The van der Waals surface area contributed by atoms with Gasteiger partial charge in [-0.05, 0) is 30.7 Å². The number of carbonyl (C=O) groups is 2. The van der Waals surface area contributed by atoms with Crippen LogP contribution in [0.1, 0.15) is 18.4 Å². The van der Waals surface area contributed by atoms with Gasteiger partial charge in [0.15, 0.2) is 0 Å². The molecule has 0 aromatic heterocycles. The molecule has 0 aliphatic heterocycles. The SMILES string of the molecule is COCCCNC(=O)CC(=O)Nc1ccc(C(F)(F)F)cc1. The van der Waals surface area contributed by atoms with Crippen molar-refractivity contribution in [3.05, 3.63) is 29.8 Å². The smallest absolute Gasteiger partial charge is 0.385 e. The van der Waals surface area contributed by atoms with Crippen LogP contribution >= 0.6 is 0 Å². The van der Waals surface area contributed by atoms with Crippen molar-refractivity contribution >= 4 is 17.5 Å². The third kappa shape index (κ3) is 6.57. The second-order valence-electron chi connectivity index (χ2n) is 4.50. The third-order valence-corrected chi connectivity index (χ3v) is 2.66. The van der Waals surface area contributed by atoms with Crippen LogP contribution in [-0.2, 0) is 20.5 Å². The monoisotopic (exact) mass is 318 g/mol. The lowest BCUT2D eigenvalue weighted by atomic mass is 10.2. The molecule has 0 spiro atoms. The van der Waals surface area contributed by atoms with Gasteiger partial charge >= 0.3 is 6.18 Å². The summed E-state index contributed by atoms with van der Waals surface area (Å²) in [4.78, 5) is 23.0. The number of halogens is 3. The summed E-state index contributed by atoms with van der Waals surface area (Å²) in [5, 5.41) is 4.90. The zero-order valence-electron chi connectivity index (χ0n) is 12.0. The van der Waals surface area contributed by atoms with E-state index in [0.29, 0.717) is 19.6 Å². The fourth-order valence-corrected chi connectivity index (χ4v) is 1.60. The van der Waals surface area contributed by atoms with E-state index in [4.69, 9.17) is 4.74 Å². The highest BCUT2D eigenvalue weighted by Crippen LogP contribution is 2.29. The molecule has 0 atom stereocenters. The van der Waals surface area contributed by atoms with E-state index < -0.39 is 30.0 Å². The number of anilines is 1. The number of benzene rings is 1. The molecule has 0 aliphatic rings. The van der Waals surface area contributed by atoms with Crippen molar-refractivity contribution in [3.8, 4) is 0 Å². The average Bonchev–Trinajstić information content (AvgIpc) is 2.43. The van der Waals surface area contributed by atoms with Crippen LogP contribution in [0.2, 0.25) is 0 Å². The molecule has 2 N–H and O–H groups in total. The second kappa shape index (κ2) is 8.38. The van der Waals surface area contributed by atoms with Crippen molar-refractivity contribution in [2.75, 3.05) is 25.6 Å². The van der Waals surface area contributed by atoms with Gasteiger partial charge in [0.25, 0.3) is 0 Å². The van der Waals surface area contributed by atoms with E-state index in [1.807, 2.05) is 0 Å². The maximum absolute atomic E-state index is 12.4. The highest BCUT2D eigenvalue weighted by Gasteiger charge is 2.29. The lowest BCUT2D eigenvalue weighted by molar-refractivity contribution is -0.137. The average molecular weight is 318 g/mol. The highest BCUT2D eigenvalue weighted by molar-refractivity contribution is 6.03. The maximum Gasteiger partial charge on any atom is 0.416 e. The van der Waals surface area contributed by atoms with E-state index in [2.05, 4.69) is 10.6 Å². The van der Waals surface area contributed by atoms with Crippen molar-refractivity contribution in [1.82, 2.24) is 5.32 Å². The predicted molar refractivity (Wildman–Crippen MR) is 74.2 cm³/mol. The van der Waals surface area contributed by atoms with E-state index >= 15 is 0 Å². The number of methoxy groups -OCH3 is 1. The minimum Gasteiger partial charge on any atom is -0.385 e. The summed E-state index contributed by atoms with van der Waals surface area (Å²) in [5.74, 6) is -1.05. The molecule has 0 saturated heterocycles. The number of hydrogen-bond acceptors (Lipinski definition) is 3. The summed E-state index contributed by atoms with van der Waals surface area (Å²) < 4.78 is 41.9. The molecule has 1 rings (SSSR count). The summed E-state index contributed by atoms with van der Waals surface area (Å²) in [7, 11) is 1.54. The van der Waals surface area contributed by atoms with Gasteiger partial charge in [-0.1, -0.05) is 0 Å². The van der Waals surface area contributed by atoms with Crippen LogP contribution in [0.3, 0.4) is 0 Å². The summed E-state index contributed by atoms with van der Waals surface area (Å²) in [6.07, 6.45) is -4.19. The molecule has 0 fully saturated rings. The van der Waals surface area contributed by atoms with Gasteiger partial charge in [-0.15, -0.1) is 0 Å². The molecule has 5 nitrogen and oxygen atoms in total. The molecule has 0 unspecified atom stereocenters. The Labute approximate surface area is 125 Å². The first-order valence-electron chi connectivity index (χ1n) is 6.55. The first kappa shape index (κ1) is 18.0. The molecule has 1 aromatic carbocycles. The number of alkyl halides is 3. The molecule has 22 heavy (non-hydrogen) atoms. The minimum absolute atomic E-state index is 0.199. The Morgan fingerprint density at radius 2 is 1.77 bits per heavy atom. The van der Waals surface area contributed by atoms with Gasteiger partial charge in [0.2, 0.25) is 11.8 Å². The van der Waals surface area contributed by atoms with E-state index in [9.17, 15) is 22.8 Å². The molecule has 0 bridgehead atoms. The van der Waals surface area contributed by atoms with Gasteiger partial charge in [0.1, 0.15) is 6.42 Å². The van der Waals surface area contributed by atoms with Crippen molar-refractivity contribution < 1.29 is 27.5 Å². The van der Waals surface area contributed by atoms with E-state index in [1.165, 1.54) is 0 Å². The van der Waals surface area contributed by atoms with Crippen LogP contribution in [0, 0.1) is 0 Å². The van der Waals surface area contributed by atoms with Crippen molar-refractivity contribution in [1.29, 1.82) is 0 Å². The zero-order valence-corrected chi connectivity index (χ0v) is 12.0. The Kier molecular flexibility index (Phi) is 6.84.